The van der Waals surface area contributed by atoms with Gasteiger partial charge >= 0.3 is 5.97 Å². The number of carbonyl (C=O) groups excluding carboxylic acids is 1. The average Bonchev–Trinajstić information content (AvgIpc) is 2.21. The van der Waals surface area contributed by atoms with Crippen LogP contribution >= 0.6 is 15.9 Å². The number of aryl methyl sites for hydroxylation is 1. The fraction of sp³-hybridized carbons (Fsp3) is 0.400. The molecule has 0 aliphatic heterocycles. The Morgan fingerprint density at radius 1 is 1.60 bits per heavy atom. The zero-order valence-corrected chi connectivity index (χ0v) is 10.5. The largest absolute Gasteiger partial charge is 0.468 e. The predicted molar refractivity (Wildman–Crippen MR) is 62.0 cm³/mol. The van der Waals surface area contributed by atoms with Crippen molar-refractivity contribution in [2.24, 2.45) is 0 Å². The second-order valence-electron chi connectivity index (χ2n) is 3.17. The lowest BCUT2D eigenvalue weighted by atomic mass is 10.3. The molecular formula is C10H13BrN2O2. The summed E-state index contributed by atoms with van der Waals surface area (Å²) in [7, 11) is 3.17. The summed E-state index contributed by atoms with van der Waals surface area (Å²) in [6, 6.07) is 3.76. The number of aromatic nitrogens is 1. The average molecular weight is 273 g/mol. The number of nitrogens with zero attached hydrogens (tertiary/aromatic N) is 2. The molecule has 0 radical (unpaired) electrons. The molecule has 0 aliphatic carbocycles. The van der Waals surface area contributed by atoms with E-state index < -0.39 is 0 Å². The number of ether oxygens (including phenoxy) is 1. The Balaban J connectivity index is 2.78. The first-order valence-corrected chi connectivity index (χ1v) is 5.25. The fourth-order valence-corrected chi connectivity index (χ4v) is 1.30. The van der Waals surface area contributed by atoms with Gasteiger partial charge in [-0.25, -0.2) is 4.98 Å². The van der Waals surface area contributed by atoms with Crippen LogP contribution in [0, 0.1) is 6.92 Å². The minimum atomic E-state index is -0.278. The van der Waals surface area contributed by atoms with Gasteiger partial charge in [-0.2, -0.15) is 0 Å². The number of hydrogen-bond acceptors (Lipinski definition) is 4. The first-order valence-electron chi connectivity index (χ1n) is 4.45. The van der Waals surface area contributed by atoms with Crippen molar-refractivity contribution in [1.82, 2.24) is 4.98 Å². The number of likely N-dealkylation sites (N-methyl/N-ethyl adjacent to an activating group) is 1. The SMILES string of the molecule is COC(=O)CN(C)c1ccc(Br)c(C)n1. The molecule has 1 rings (SSSR count). The van der Waals surface area contributed by atoms with Crippen LogP contribution in [0.4, 0.5) is 5.82 Å². The van der Waals surface area contributed by atoms with Gasteiger partial charge < -0.3 is 9.64 Å². The van der Waals surface area contributed by atoms with Crippen LogP contribution in [0.15, 0.2) is 16.6 Å². The van der Waals surface area contributed by atoms with Crippen molar-refractivity contribution in [2.45, 2.75) is 6.92 Å². The molecule has 0 fully saturated rings. The molecule has 1 aromatic rings. The summed E-state index contributed by atoms with van der Waals surface area (Å²) in [6.07, 6.45) is 0. The van der Waals surface area contributed by atoms with E-state index in [2.05, 4.69) is 25.7 Å². The second kappa shape index (κ2) is 5.11. The lowest BCUT2D eigenvalue weighted by Gasteiger charge is -2.17. The third-order valence-corrected chi connectivity index (χ3v) is 2.83. The van der Waals surface area contributed by atoms with Crippen molar-refractivity contribution in [3.63, 3.8) is 0 Å². The van der Waals surface area contributed by atoms with Crippen LogP contribution in [-0.4, -0.2) is 31.7 Å². The number of rotatable bonds is 3. The van der Waals surface area contributed by atoms with Crippen molar-refractivity contribution in [2.75, 3.05) is 25.6 Å². The Kier molecular flexibility index (Phi) is 4.08. The Morgan fingerprint density at radius 3 is 2.80 bits per heavy atom. The van der Waals surface area contributed by atoms with Gasteiger partial charge in [-0.1, -0.05) is 0 Å². The predicted octanol–water partition coefficient (Wildman–Crippen LogP) is 1.76. The summed E-state index contributed by atoms with van der Waals surface area (Å²) in [5.41, 5.74) is 0.893. The van der Waals surface area contributed by atoms with Crippen molar-refractivity contribution in [3.05, 3.63) is 22.3 Å². The van der Waals surface area contributed by atoms with Crippen molar-refractivity contribution in [1.29, 1.82) is 0 Å². The second-order valence-corrected chi connectivity index (χ2v) is 4.02. The fourth-order valence-electron chi connectivity index (χ4n) is 1.08. The normalized spacial score (nSPS) is 9.87. The summed E-state index contributed by atoms with van der Waals surface area (Å²) < 4.78 is 5.53. The molecule has 5 heteroatoms. The van der Waals surface area contributed by atoms with Crippen molar-refractivity contribution < 1.29 is 9.53 Å². The summed E-state index contributed by atoms with van der Waals surface area (Å²) in [6.45, 7) is 2.10. The summed E-state index contributed by atoms with van der Waals surface area (Å²) in [4.78, 5) is 17.1. The molecule has 0 aromatic carbocycles. The molecule has 1 aromatic heterocycles. The van der Waals surface area contributed by atoms with E-state index in [0.29, 0.717) is 0 Å². The molecule has 82 valence electrons. The molecule has 0 aliphatic rings. The van der Waals surface area contributed by atoms with Crippen molar-refractivity contribution in [3.8, 4) is 0 Å². The van der Waals surface area contributed by atoms with Crippen LogP contribution in [0.3, 0.4) is 0 Å². The van der Waals surface area contributed by atoms with Gasteiger partial charge in [0.1, 0.15) is 12.4 Å². The van der Waals surface area contributed by atoms with Gasteiger partial charge in [0.2, 0.25) is 0 Å². The number of esters is 1. The lowest BCUT2D eigenvalue weighted by Crippen LogP contribution is -2.27. The highest BCUT2D eigenvalue weighted by atomic mass is 79.9. The van der Waals surface area contributed by atoms with Gasteiger partial charge in [0.05, 0.1) is 12.8 Å². The summed E-state index contributed by atoms with van der Waals surface area (Å²) in [5, 5.41) is 0. The summed E-state index contributed by atoms with van der Waals surface area (Å²) in [5.74, 6) is 0.473. The van der Waals surface area contributed by atoms with Crippen molar-refractivity contribution >= 4 is 27.7 Å². The quantitative estimate of drug-likeness (QED) is 0.787. The molecule has 1 heterocycles. The Morgan fingerprint density at radius 2 is 2.27 bits per heavy atom. The zero-order chi connectivity index (χ0) is 11.4. The molecule has 0 saturated carbocycles. The van der Waals surface area contributed by atoms with Crippen LogP contribution < -0.4 is 4.90 Å². The van der Waals surface area contributed by atoms with Crippen LogP contribution in [0.25, 0.3) is 0 Å². The molecule has 0 bridgehead atoms. The highest BCUT2D eigenvalue weighted by Crippen LogP contribution is 2.18. The Hall–Kier alpha value is -1.10. The maximum Gasteiger partial charge on any atom is 0.325 e. The number of methoxy groups -OCH3 is 1. The number of anilines is 1. The molecule has 0 atom stereocenters. The minimum absolute atomic E-state index is 0.199. The maximum absolute atomic E-state index is 11.0. The van der Waals surface area contributed by atoms with E-state index in [-0.39, 0.29) is 12.5 Å². The van der Waals surface area contributed by atoms with E-state index in [0.717, 1.165) is 16.0 Å². The molecular weight excluding hydrogens is 260 g/mol. The van der Waals surface area contributed by atoms with Gasteiger partial charge in [0.15, 0.2) is 0 Å². The van der Waals surface area contributed by atoms with Crippen LogP contribution in [0.5, 0.6) is 0 Å². The molecule has 0 N–H and O–H groups in total. The standard InChI is InChI=1S/C10H13BrN2O2/c1-7-8(11)4-5-9(12-7)13(2)6-10(14)15-3/h4-5H,6H2,1-3H3. The van der Waals surface area contributed by atoms with E-state index >= 15 is 0 Å². The minimum Gasteiger partial charge on any atom is -0.468 e. The number of halogens is 1. The molecule has 15 heavy (non-hydrogen) atoms. The Bertz CT molecular complexity index is 368. The van der Waals surface area contributed by atoms with Gasteiger partial charge in [-0.3, -0.25) is 4.79 Å². The lowest BCUT2D eigenvalue weighted by molar-refractivity contribution is -0.138. The van der Waals surface area contributed by atoms with Crippen LogP contribution in [-0.2, 0) is 9.53 Å². The highest BCUT2D eigenvalue weighted by Gasteiger charge is 2.09. The third kappa shape index (κ3) is 3.20. The summed E-state index contributed by atoms with van der Waals surface area (Å²) >= 11 is 3.37. The van der Waals surface area contributed by atoms with Gasteiger partial charge in [0, 0.05) is 11.5 Å². The topological polar surface area (TPSA) is 42.4 Å². The molecule has 4 nitrogen and oxygen atoms in total. The molecule has 0 amide bonds. The van der Waals surface area contributed by atoms with Gasteiger partial charge in [-0.15, -0.1) is 0 Å². The Labute approximate surface area is 97.4 Å². The molecule has 0 spiro atoms. The number of hydrogen-bond donors (Lipinski definition) is 0. The number of pyridine rings is 1. The maximum atomic E-state index is 11.0. The van der Waals surface area contributed by atoms with E-state index in [1.807, 2.05) is 19.1 Å². The first kappa shape index (κ1) is 12.0. The third-order valence-electron chi connectivity index (χ3n) is 1.99. The molecule has 0 saturated heterocycles. The monoisotopic (exact) mass is 272 g/mol. The van der Waals surface area contributed by atoms with E-state index in [9.17, 15) is 4.79 Å². The first-order chi connectivity index (χ1) is 7.04. The van der Waals surface area contributed by atoms with Crippen LogP contribution in [0.2, 0.25) is 0 Å². The smallest absolute Gasteiger partial charge is 0.325 e. The molecule has 0 unspecified atom stereocenters. The van der Waals surface area contributed by atoms with E-state index in [4.69, 9.17) is 0 Å². The number of carbonyl (C=O) groups is 1. The van der Waals surface area contributed by atoms with Gasteiger partial charge in [0.25, 0.3) is 0 Å². The highest BCUT2D eigenvalue weighted by molar-refractivity contribution is 9.10. The zero-order valence-electron chi connectivity index (χ0n) is 8.95. The van der Waals surface area contributed by atoms with E-state index in [1.54, 1.807) is 11.9 Å². The van der Waals surface area contributed by atoms with Gasteiger partial charge in [-0.05, 0) is 35.0 Å². The van der Waals surface area contributed by atoms with E-state index in [1.165, 1.54) is 7.11 Å². The van der Waals surface area contributed by atoms with Crippen LogP contribution in [0.1, 0.15) is 5.69 Å².